The number of allylic oxidation sites excluding steroid dienone is 1. The molecular weight excluding hydrogens is 158 g/mol. The van der Waals surface area contributed by atoms with Gasteiger partial charge in [-0.2, -0.15) is 0 Å². The summed E-state index contributed by atoms with van der Waals surface area (Å²) in [4.78, 5) is 4.46. The van der Waals surface area contributed by atoms with Crippen molar-refractivity contribution in [2.75, 3.05) is 6.54 Å². The molecular formula is C12H25N. The van der Waals surface area contributed by atoms with E-state index in [0.29, 0.717) is 11.8 Å². The highest BCUT2D eigenvalue weighted by molar-refractivity contribution is 5.98. The molecule has 1 nitrogen and oxygen atoms in total. The third kappa shape index (κ3) is 3.75. The van der Waals surface area contributed by atoms with Crippen molar-refractivity contribution >= 4 is 5.71 Å². The molecule has 0 aromatic rings. The van der Waals surface area contributed by atoms with Gasteiger partial charge in [0.25, 0.3) is 0 Å². The lowest BCUT2D eigenvalue weighted by Gasteiger charge is -2.02. The summed E-state index contributed by atoms with van der Waals surface area (Å²) in [6.45, 7) is 9.78. The first-order valence-corrected chi connectivity index (χ1v) is 4.36. The molecule has 0 bridgehead atoms. The quantitative estimate of drug-likeness (QED) is 0.614. The van der Waals surface area contributed by atoms with E-state index >= 15 is 0 Å². The average Bonchev–Trinajstić information content (AvgIpc) is 2.33. The van der Waals surface area contributed by atoms with Crippen molar-refractivity contribution in [3.63, 3.8) is 0 Å². The Kier molecular flexibility index (Phi) is 6.83. The summed E-state index contributed by atoms with van der Waals surface area (Å²) in [7, 11) is 0. The van der Waals surface area contributed by atoms with Crippen LogP contribution in [0.1, 0.15) is 42.5 Å². The van der Waals surface area contributed by atoms with Crippen LogP contribution in [0.15, 0.2) is 16.6 Å². The van der Waals surface area contributed by atoms with Gasteiger partial charge in [-0.1, -0.05) is 42.5 Å². The van der Waals surface area contributed by atoms with Gasteiger partial charge < -0.3 is 0 Å². The van der Waals surface area contributed by atoms with Crippen LogP contribution in [0.4, 0.5) is 0 Å². The van der Waals surface area contributed by atoms with Gasteiger partial charge in [0.15, 0.2) is 0 Å². The van der Waals surface area contributed by atoms with Crippen molar-refractivity contribution < 1.29 is 0 Å². The zero-order chi connectivity index (χ0) is 8.43. The molecule has 13 heavy (non-hydrogen) atoms. The molecule has 1 heteroatoms. The van der Waals surface area contributed by atoms with Crippen LogP contribution >= 0.6 is 0 Å². The minimum Gasteiger partial charge on any atom is -0.285 e. The van der Waals surface area contributed by atoms with Crippen molar-refractivity contribution in [1.82, 2.24) is 0 Å². The third-order valence-corrected chi connectivity index (χ3v) is 2.11. The predicted octanol–water partition coefficient (Wildman–Crippen LogP) is 3.95. The van der Waals surface area contributed by atoms with Crippen molar-refractivity contribution in [3.05, 3.63) is 11.6 Å². The molecule has 0 fully saturated rings. The minimum absolute atomic E-state index is 0. The summed E-state index contributed by atoms with van der Waals surface area (Å²) < 4.78 is 0. The molecule has 0 aromatic heterocycles. The van der Waals surface area contributed by atoms with Gasteiger partial charge in [0, 0.05) is 5.71 Å². The standard InChI is InChI=1S/C10H17N.2CH4/c1-7(2)9-5-10(8(3)4)11-6-9;;/h5,7-8H,6H2,1-4H3;2*1H4. The van der Waals surface area contributed by atoms with Crippen molar-refractivity contribution in [2.45, 2.75) is 42.5 Å². The van der Waals surface area contributed by atoms with Gasteiger partial charge in [0.1, 0.15) is 0 Å². The van der Waals surface area contributed by atoms with E-state index in [9.17, 15) is 0 Å². The van der Waals surface area contributed by atoms with Gasteiger partial charge in [-0.15, -0.1) is 0 Å². The maximum Gasteiger partial charge on any atom is 0.0609 e. The summed E-state index contributed by atoms with van der Waals surface area (Å²) >= 11 is 0. The number of hydrogen-bond donors (Lipinski definition) is 0. The highest BCUT2D eigenvalue weighted by Gasteiger charge is 2.12. The van der Waals surface area contributed by atoms with Crippen LogP contribution in [0.25, 0.3) is 0 Å². The van der Waals surface area contributed by atoms with E-state index in [1.165, 1.54) is 11.3 Å². The smallest absolute Gasteiger partial charge is 0.0609 e. The van der Waals surface area contributed by atoms with E-state index in [-0.39, 0.29) is 14.9 Å². The molecule has 0 N–H and O–H groups in total. The molecule has 0 unspecified atom stereocenters. The highest BCUT2D eigenvalue weighted by atomic mass is 14.8. The van der Waals surface area contributed by atoms with E-state index in [1.54, 1.807) is 0 Å². The first kappa shape index (κ1) is 14.9. The maximum atomic E-state index is 4.46. The Labute approximate surface area is 84.0 Å². The Balaban J connectivity index is 0. The van der Waals surface area contributed by atoms with Gasteiger partial charge >= 0.3 is 0 Å². The molecule has 1 aliphatic heterocycles. The minimum atomic E-state index is 0. The second-order valence-electron chi connectivity index (χ2n) is 3.77. The lowest BCUT2D eigenvalue weighted by molar-refractivity contribution is 0.754. The molecule has 78 valence electrons. The van der Waals surface area contributed by atoms with Gasteiger partial charge in [0.2, 0.25) is 0 Å². The number of hydrogen-bond acceptors (Lipinski definition) is 1. The van der Waals surface area contributed by atoms with Gasteiger partial charge in [-0.3, -0.25) is 4.99 Å². The molecule has 1 rings (SSSR count). The average molecular weight is 183 g/mol. The molecule has 0 aromatic carbocycles. The summed E-state index contributed by atoms with van der Waals surface area (Å²) in [5.74, 6) is 1.25. The van der Waals surface area contributed by atoms with E-state index in [1.807, 2.05) is 0 Å². The normalized spacial score (nSPS) is 14.9. The number of rotatable bonds is 2. The summed E-state index contributed by atoms with van der Waals surface area (Å²) in [6.07, 6.45) is 2.26. The SMILES string of the molecule is C.C.CC(C)C1=CC(C(C)C)=NC1. The Bertz CT molecular complexity index is 197. The van der Waals surface area contributed by atoms with Crippen molar-refractivity contribution in [3.8, 4) is 0 Å². The molecule has 0 saturated heterocycles. The van der Waals surface area contributed by atoms with Crippen molar-refractivity contribution in [2.24, 2.45) is 16.8 Å². The number of nitrogens with zero attached hydrogens (tertiary/aromatic N) is 1. The second kappa shape index (κ2) is 5.95. The fourth-order valence-corrected chi connectivity index (χ4v) is 1.16. The Morgan fingerprint density at radius 2 is 1.62 bits per heavy atom. The largest absolute Gasteiger partial charge is 0.285 e. The van der Waals surface area contributed by atoms with Gasteiger partial charge in [0.05, 0.1) is 6.54 Å². The van der Waals surface area contributed by atoms with Crippen LogP contribution in [0, 0.1) is 11.8 Å². The van der Waals surface area contributed by atoms with E-state index in [4.69, 9.17) is 0 Å². The maximum absolute atomic E-state index is 4.46. The molecule has 0 atom stereocenters. The molecule has 1 aliphatic rings. The van der Waals surface area contributed by atoms with Crippen LogP contribution in [-0.4, -0.2) is 12.3 Å². The van der Waals surface area contributed by atoms with Crippen LogP contribution in [0.2, 0.25) is 0 Å². The van der Waals surface area contributed by atoms with Crippen LogP contribution < -0.4 is 0 Å². The van der Waals surface area contributed by atoms with Crippen LogP contribution in [-0.2, 0) is 0 Å². The molecule has 0 saturated carbocycles. The summed E-state index contributed by atoms with van der Waals surface area (Å²) in [5, 5.41) is 0. The first-order chi connectivity index (χ1) is 5.11. The van der Waals surface area contributed by atoms with E-state index in [2.05, 4.69) is 38.8 Å². The number of aliphatic imine (C=N–C) groups is 1. The monoisotopic (exact) mass is 183 g/mol. The zero-order valence-corrected chi connectivity index (χ0v) is 7.89. The lowest BCUT2D eigenvalue weighted by atomic mass is 10.0. The Morgan fingerprint density at radius 3 is 1.85 bits per heavy atom. The summed E-state index contributed by atoms with van der Waals surface area (Å²) in [5.41, 5.74) is 2.75. The molecule has 1 heterocycles. The molecule has 0 aliphatic carbocycles. The van der Waals surface area contributed by atoms with Gasteiger partial charge in [-0.25, -0.2) is 0 Å². The molecule has 0 amide bonds. The summed E-state index contributed by atoms with van der Waals surface area (Å²) in [6, 6.07) is 0. The Morgan fingerprint density at radius 1 is 1.08 bits per heavy atom. The highest BCUT2D eigenvalue weighted by Crippen LogP contribution is 2.17. The van der Waals surface area contributed by atoms with Crippen LogP contribution in [0.5, 0.6) is 0 Å². The van der Waals surface area contributed by atoms with Gasteiger partial charge in [-0.05, 0) is 23.5 Å². The molecule has 0 spiro atoms. The van der Waals surface area contributed by atoms with Crippen molar-refractivity contribution in [1.29, 1.82) is 0 Å². The third-order valence-electron chi connectivity index (χ3n) is 2.11. The Hall–Kier alpha value is -0.590. The van der Waals surface area contributed by atoms with E-state index in [0.717, 1.165) is 6.54 Å². The zero-order valence-electron chi connectivity index (χ0n) is 7.89. The predicted molar refractivity (Wildman–Crippen MR) is 63.5 cm³/mol. The topological polar surface area (TPSA) is 12.4 Å². The lowest BCUT2D eigenvalue weighted by Crippen LogP contribution is -2.00. The second-order valence-corrected chi connectivity index (χ2v) is 3.77. The first-order valence-electron chi connectivity index (χ1n) is 4.36. The fraction of sp³-hybridized carbons (Fsp3) is 0.750. The van der Waals surface area contributed by atoms with E-state index < -0.39 is 0 Å². The fourth-order valence-electron chi connectivity index (χ4n) is 1.16. The molecule has 0 radical (unpaired) electrons. The van der Waals surface area contributed by atoms with Crippen LogP contribution in [0.3, 0.4) is 0 Å².